The van der Waals surface area contributed by atoms with E-state index in [9.17, 15) is 4.79 Å². The van der Waals surface area contributed by atoms with Crippen LogP contribution in [0.5, 0.6) is 0 Å². The number of carbonyl (C=O) groups excluding carboxylic acids is 1. The first-order valence-corrected chi connectivity index (χ1v) is 9.76. The molecule has 0 aliphatic rings. The van der Waals surface area contributed by atoms with E-state index < -0.39 is 0 Å². The molecule has 1 heterocycles. The van der Waals surface area contributed by atoms with Crippen LogP contribution in [0.25, 0.3) is 11.4 Å². The molecular formula is C23H27N3O2. The van der Waals surface area contributed by atoms with Crippen molar-refractivity contribution in [2.45, 2.75) is 52.6 Å². The third-order valence-electron chi connectivity index (χ3n) is 4.73. The Hall–Kier alpha value is -2.95. The summed E-state index contributed by atoms with van der Waals surface area (Å²) in [5.41, 5.74) is 3.34. The van der Waals surface area contributed by atoms with Gasteiger partial charge < -0.3 is 9.42 Å². The molecule has 0 fully saturated rings. The lowest BCUT2D eigenvalue weighted by molar-refractivity contribution is -0.134. The topological polar surface area (TPSA) is 59.2 Å². The molecule has 0 saturated heterocycles. The summed E-state index contributed by atoms with van der Waals surface area (Å²) in [6.07, 6.45) is 2.23. The van der Waals surface area contributed by atoms with E-state index in [0.717, 1.165) is 18.4 Å². The van der Waals surface area contributed by atoms with Crippen LogP contribution in [-0.4, -0.2) is 27.0 Å². The van der Waals surface area contributed by atoms with Gasteiger partial charge in [-0.1, -0.05) is 65.3 Å². The van der Waals surface area contributed by atoms with Gasteiger partial charge in [-0.05, 0) is 39.2 Å². The number of amides is 1. The van der Waals surface area contributed by atoms with Crippen LogP contribution >= 0.6 is 0 Å². The highest BCUT2D eigenvalue weighted by Gasteiger charge is 2.20. The minimum absolute atomic E-state index is 0.0685. The molecule has 0 unspecified atom stereocenters. The zero-order valence-corrected chi connectivity index (χ0v) is 16.8. The summed E-state index contributed by atoms with van der Waals surface area (Å²) in [4.78, 5) is 19.0. The van der Waals surface area contributed by atoms with Gasteiger partial charge in [-0.3, -0.25) is 4.79 Å². The van der Waals surface area contributed by atoms with Gasteiger partial charge in [-0.25, -0.2) is 0 Å². The smallest absolute Gasteiger partial charge is 0.246 e. The van der Waals surface area contributed by atoms with Crippen LogP contribution in [0.3, 0.4) is 0 Å². The molecule has 0 atom stereocenters. The zero-order valence-electron chi connectivity index (χ0n) is 16.8. The molecule has 2 aromatic carbocycles. The first-order chi connectivity index (χ1) is 13.5. The van der Waals surface area contributed by atoms with Crippen LogP contribution in [0.4, 0.5) is 0 Å². The molecule has 0 bridgehead atoms. The van der Waals surface area contributed by atoms with E-state index in [1.807, 2.05) is 63.2 Å². The summed E-state index contributed by atoms with van der Waals surface area (Å²) < 4.78 is 5.40. The Kier molecular flexibility index (Phi) is 6.58. The standard InChI is InChI=1S/C23H27N3O2/c1-17(2)26(22(27)11-7-10-19-8-5-4-6-9-19)16-21-24-23(25-28-21)20-14-12-18(3)13-15-20/h4-6,8-9,12-15,17H,7,10-11,16H2,1-3H3. The van der Waals surface area contributed by atoms with Gasteiger partial charge in [-0.2, -0.15) is 4.98 Å². The fraction of sp³-hybridized carbons (Fsp3) is 0.348. The summed E-state index contributed by atoms with van der Waals surface area (Å²) in [6.45, 7) is 6.38. The van der Waals surface area contributed by atoms with E-state index in [1.54, 1.807) is 4.90 Å². The van der Waals surface area contributed by atoms with Crippen molar-refractivity contribution in [3.05, 3.63) is 71.6 Å². The van der Waals surface area contributed by atoms with Crippen LogP contribution in [-0.2, 0) is 17.8 Å². The van der Waals surface area contributed by atoms with Crippen molar-refractivity contribution in [1.82, 2.24) is 15.0 Å². The van der Waals surface area contributed by atoms with E-state index >= 15 is 0 Å². The molecule has 0 spiro atoms. The van der Waals surface area contributed by atoms with Crippen molar-refractivity contribution >= 4 is 5.91 Å². The Bertz CT molecular complexity index is 886. The van der Waals surface area contributed by atoms with Gasteiger partial charge in [0.1, 0.15) is 6.54 Å². The maximum atomic E-state index is 12.7. The average Bonchev–Trinajstić information content (AvgIpc) is 3.16. The van der Waals surface area contributed by atoms with Crippen LogP contribution in [0.15, 0.2) is 59.1 Å². The summed E-state index contributed by atoms with van der Waals surface area (Å²) in [5.74, 6) is 1.12. The first kappa shape index (κ1) is 19.8. The van der Waals surface area contributed by atoms with Crippen LogP contribution in [0.1, 0.15) is 43.7 Å². The van der Waals surface area contributed by atoms with Gasteiger partial charge in [0.2, 0.25) is 17.6 Å². The lowest BCUT2D eigenvalue weighted by Crippen LogP contribution is -2.36. The van der Waals surface area contributed by atoms with E-state index in [1.165, 1.54) is 11.1 Å². The Morgan fingerprint density at radius 3 is 2.46 bits per heavy atom. The van der Waals surface area contributed by atoms with Crippen LogP contribution in [0, 0.1) is 6.92 Å². The van der Waals surface area contributed by atoms with Crippen LogP contribution in [0.2, 0.25) is 0 Å². The minimum Gasteiger partial charge on any atom is -0.337 e. The number of rotatable bonds is 8. The normalized spacial score (nSPS) is 11.0. The number of aryl methyl sites for hydroxylation is 2. The van der Waals surface area contributed by atoms with Crippen molar-refractivity contribution in [1.29, 1.82) is 0 Å². The maximum Gasteiger partial charge on any atom is 0.246 e. The summed E-state index contributed by atoms with van der Waals surface area (Å²) in [5, 5.41) is 4.07. The van der Waals surface area contributed by atoms with Crippen molar-refractivity contribution < 1.29 is 9.32 Å². The van der Waals surface area contributed by atoms with Gasteiger partial charge in [0, 0.05) is 18.0 Å². The van der Waals surface area contributed by atoms with Crippen molar-refractivity contribution in [2.24, 2.45) is 0 Å². The number of carbonyl (C=O) groups is 1. The molecule has 0 saturated carbocycles. The Morgan fingerprint density at radius 2 is 1.79 bits per heavy atom. The number of hydrogen-bond donors (Lipinski definition) is 0. The number of aromatic nitrogens is 2. The third-order valence-corrected chi connectivity index (χ3v) is 4.73. The number of nitrogens with zero attached hydrogens (tertiary/aromatic N) is 3. The van der Waals surface area contributed by atoms with Gasteiger partial charge in [-0.15, -0.1) is 0 Å². The number of hydrogen-bond acceptors (Lipinski definition) is 4. The molecule has 0 N–H and O–H groups in total. The Morgan fingerprint density at radius 1 is 1.07 bits per heavy atom. The van der Waals surface area contributed by atoms with Gasteiger partial charge >= 0.3 is 0 Å². The van der Waals surface area contributed by atoms with Crippen molar-refractivity contribution in [3.63, 3.8) is 0 Å². The predicted molar refractivity (Wildman–Crippen MR) is 110 cm³/mol. The van der Waals surface area contributed by atoms with Crippen molar-refractivity contribution in [2.75, 3.05) is 0 Å². The highest BCUT2D eigenvalue weighted by atomic mass is 16.5. The molecule has 3 rings (SSSR count). The molecule has 0 radical (unpaired) electrons. The highest BCUT2D eigenvalue weighted by molar-refractivity contribution is 5.76. The van der Waals surface area contributed by atoms with E-state index in [4.69, 9.17) is 4.52 Å². The molecule has 3 aromatic rings. The average molecular weight is 377 g/mol. The second-order valence-corrected chi connectivity index (χ2v) is 7.33. The first-order valence-electron chi connectivity index (χ1n) is 9.76. The molecule has 1 aromatic heterocycles. The Labute approximate surface area is 166 Å². The van der Waals surface area contributed by atoms with E-state index in [0.29, 0.717) is 24.7 Å². The van der Waals surface area contributed by atoms with E-state index in [-0.39, 0.29) is 11.9 Å². The zero-order chi connectivity index (χ0) is 19.9. The Balaban J connectivity index is 1.59. The SMILES string of the molecule is Cc1ccc(-c2noc(CN(C(=O)CCCc3ccccc3)C(C)C)n2)cc1. The monoisotopic (exact) mass is 377 g/mol. The molecule has 5 nitrogen and oxygen atoms in total. The molecular weight excluding hydrogens is 350 g/mol. The molecule has 1 amide bonds. The molecule has 5 heteroatoms. The molecule has 0 aliphatic carbocycles. The highest BCUT2D eigenvalue weighted by Crippen LogP contribution is 2.18. The quantitative estimate of drug-likeness (QED) is 0.565. The predicted octanol–water partition coefficient (Wildman–Crippen LogP) is 4.80. The maximum absolute atomic E-state index is 12.7. The van der Waals surface area contributed by atoms with Crippen molar-refractivity contribution in [3.8, 4) is 11.4 Å². The summed E-state index contributed by atoms with van der Waals surface area (Å²) in [7, 11) is 0. The third kappa shape index (κ3) is 5.28. The molecule has 146 valence electrons. The van der Waals surface area contributed by atoms with E-state index in [2.05, 4.69) is 22.3 Å². The number of benzene rings is 2. The largest absolute Gasteiger partial charge is 0.337 e. The van der Waals surface area contributed by atoms with Gasteiger partial charge in [0.15, 0.2) is 0 Å². The second kappa shape index (κ2) is 9.31. The lowest BCUT2D eigenvalue weighted by Gasteiger charge is -2.25. The summed E-state index contributed by atoms with van der Waals surface area (Å²) >= 11 is 0. The fourth-order valence-corrected chi connectivity index (χ4v) is 3.08. The second-order valence-electron chi connectivity index (χ2n) is 7.33. The van der Waals surface area contributed by atoms with Gasteiger partial charge in [0.25, 0.3) is 0 Å². The lowest BCUT2D eigenvalue weighted by atomic mass is 10.1. The van der Waals surface area contributed by atoms with Crippen LogP contribution < -0.4 is 0 Å². The molecule has 28 heavy (non-hydrogen) atoms. The fourth-order valence-electron chi connectivity index (χ4n) is 3.08. The molecule has 0 aliphatic heterocycles. The summed E-state index contributed by atoms with van der Waals surface area (Å²) in [6, 6.07) is 18.3. The minimum atomic E-state index is 0.0685. The van der Waals surface area contributed by atoms with Gasteiger partial charge in [0.05, 0.1) is 0 Å².